The van der Waals surface area contributed by atoms with E-state index in [-0.39, 0.29) is 11.3 Å². The Kier molecular flexibility index (Phi) is 3.85. The molecule has 2 heteroatoms. The molecule has 0 unspecified atom stereocenters. The molecule has 23 heavy (non-hydrogen) atoms. The van der Waals surface area contributed by atoms with E-state index in [1.807, 2.05) is 6.92 Å². The summed E-state index contributed by atoms with van der Waals surface area (Å²) in [4.78, 5) is 11.8. The SMILES string of the molecule is CCC(=O)Nc1ccc2c(c1)[C@@]1(C)CCCC(C)(C)[C@]1(C)CC2. The van der Waals surface area contributed by atoms with Crippen molar-refractivity contribution in [3.05, 3.63) is 29.3 Å². The first-order valence-corrected chi connectivity index (χ1v) is 9.17. The Bertz CT molecular complexity index is 633. The molecular weight excluding hydrogens is 282 g/mol. The first kappa shape index (κ1) is 16.5. The normalized spacial score (nSPS) is 31.9. The Morgan fingerprint density at radius 3 is 2.57 bits per heavy atom. The van der Waals surface area contributed by atoms with Crippen LogP contribution in [-0.4, -0.2) is 5.91 Å². The second-order valence-electron chi connectivity index (χ2n) is 8.68. The highest BCUT2D eigenvalue weighted by Gasteiger charge is 2.58. The van der Waals surface area contributed by atoms with Gasteiger partial charge in [-0.2, -0.15) is 0 Å². The van der Waals surface area contributed by atoms with Crippen molar-refractivity contribution in [3.63, 3.8) is 0 Å². The van der Waals surface area contributed by atoms with Crippen molar-refractivity contribution >= 4 is 11.6 Å². The average Bonchev–Trinajstić information content (AvgIpc) is 2.50. The topological polar surface area (TPSA) is 29.1 Å². The fourth-order valence-corrected chi connectivity index (χ4v) is 5.25. The third-order valence-electron chi connectivity index (χ3n) is 7.39. The van der Waals surface area contributed by atoms with Crippen LogP contribution < -0.4 is 5.32 Å². The first-order chi connectivity index (χ1) is 10.7. The summed E-state index contributed by atoms with van der Waals surface area (Å²) in [5.74, 6) is 0.0950. The van der Waals surface area contributed by atoms with Crippen LogP contribution in [0.3, 0.4) is 0 Å². The van der Waals surface area contributed by atoms with Crippen LogP contribution in [0.15, 0.2) is 18.2 Å². The Labute approximate surface area is 141 Å². The highest BCUT2D eigenvalue weighted by atomic mass is 16.1. The molecule has 126 valence electrons. The van der Waals surface area contributed by atoms with Gasteiger partial charge < -0.3 is 5.32 Å². The summed E-state index contributed by atoms with van der Waals surface area (Å²) in [6.45, 7) is 11.8. The van der Waals surface area contributed by atoms with Gasteiger partial charge in [-0.1, -0.05) is 47.1 Å². The maximum atomic E-state index is 11.8. The molecule has 1 aromatic carbocycles. The second-order valence-corrected chi connectivity index (χ2v) is 8.68. The molecule has 0 saturated heterocycles. The largest absolute Gasteiger partial charge is 0.326 e. The molecule has 1 amide bonds. The van der Waals surface area contributed by atoms with Gasteiger partial charge in [-0.05, 0) is 65.2 Å². The van der Waals surface area contributed by atoms with Gasteiger partial charge in [-0.25, -0.2) is 0 Å². The highest BCUT2D eigenvalue weighted by Crippen LogP contribution is 2.65. The minimum Gasteiger partial charge on any atom is -0.326 e. The van der Waals surface area contributed by atoms with E-state index in [0.717, 1.165) is 12.1 Å². The van der Waals surface area contributed by atoms with Crippen LogP contribution in [0.4, 0.5) is 5.69 Å². The monoisotopic (exact) mass is 313 g/mol. The second kappa shape index (κ2) is 5.36. The molecule has 0 bridgehead atoms. The number of hydrogen-bond donors (Lipinski definition) is 1. The molecule has 3 rings (SSSR count). The summed E-state index contributed by atoms with van der Waals surface area (Å²) in [5, 5.41) is 3.05. The molecule has 2 aliphatic rings. The van der Waals surface area contributed by atoms with Gasteiger partial charge in [0.15, 0.2) is 0 Å². The maximum absolute atomic E-state index is 11.8. The van der Waals surface area contributed by atoms with Crippen LogP contribution >= 0.6 is 0 Å². The number of anilines is 1. The highest BCUT2D eigenvalue weighted by molar-refractivity contribution is 5.90. The lowest BCUT2D eigenvalue weighted by Crippen LogP contribution is -2.56. The van der Waals surface area contributed by atoms with Gasteiger partial charge in [0.05, 0.1) is 0 Å². The molecule has 2 nitrogen and oxygen atoms in total. The van der Waals surface area contributed by atoms with E-state index in [2.05, 4.69) is 51.2 Å². The lowest BCUT2D eigenvalue weighted by atomic mass is 9.42. The standard InChI is InChI=1S/C21H31NO/c1-6-18(23)22-16-9-8-15-10-13-21(5)19(2,3)11-7-12-20(21,4)17(15)14-16/h8-9,14H,6-7,10-13H2,1-5H3,(H,22,23)/t20-,21+/m1/s1. The van der Waals surface area contributed by atoms with Crippen molar-refractivity contribution in [1.29, 1.82) is 0 Å². The number of carbonyl (C=O) groups excluding carboxylic acids is 1. The van der Waals surface area contributed by atoms with E-state index < -0.39 is 0 Å². The van der Waals surface area contributed by atoms with E-state index in [0.29, 0.717) is 17.3 Å². The first-order valence-electron chi connectivity index (χ1n) is 9.17. The van der Waals surface area contributed by atoms with Crippen molar-refractivity contribution < 1.29 is 4.79 Å². The van der Waals surface area contributed by atoms with Crippen LogP contribution in [0.2, 0.25) is 0 Å². The zero-order chi connectivity index (χ0) is 16.9. The number of rotatable bonds is 2. The number of hydrogen-bond acceptors (Lipinski definition) is 1. The Hall–Kier alpha value is -1.31. The molecule has 0 aromatic heterocycles. The van der Waals surface area contributed by atoms with E-state index in [4.69, 9.17) is 0 Å². The van der Waals surface area contributed by atoms with Gasteiger partial charge in [-0.15, -0.1) is 0 Å². The Balaban J connectivity index is 2.07. The van der Waals surface area contributed by atoms with E-state index >= 15 is 0 Å². The van der Waals surface area contributed by atoms with E-state index in [1.54, 1.807) is 0 Å². The molecule has 0 radical (unpaired) electrons. The summed E-state index contributed by atoms with van der Waals surface area (Å²) < 4.78 is 0. The Morgan fingerprint density at radius 2 is 1.87 bits per heavy atom. The minimum absolute atomic E-state index is 0.0950. The molecule has 0 heterocycles. The number of fused-ring (bicyclic) bond motifs is 3. The van der Waals surface area contributed by atoms with Crippen molar-refractivity contribution in [1.82, 2.24) is 0 Å². The van der Waals surface area contributed by atoms with Crippen LogP contribution in [0.1, 0.15) is 77.8 Å². The van der Waals surface area contributed by atoms with Crippen molar-refractivity contribution in [3.8, 4) is 0 Å². The van der Waals surface area contributed by atoms with E-state index in [1.165, 1.54) is 36.8 Å². The van der Waals surface area contributed by atoms with Gasteiger partial charge in [0.2, 0.25) is 5.91 Å². The van der Waals surface area contributed by atoms with Crippen LogP contribution in [0.25, 0.3) is 0 Å². The van der Waals surface area contributed by atoms with Gasteiger partial charge in [-0.3, -0.25) is 4.79 Å². The predicted octanol–water partition coefficient (Wildman–Crippen LogP) is 5.46. The molecule has 1 aromatic rings. The number of benzene rings is 1. The van der Waals surface area contributed by atoms with E-state index in [9.17, 15) is 4.79 Å². The zero-order valence-corrected chi connectivity index (χ0v) is 15.4. The average molecular weight is 313 g/mol. The molecule has 2 aliphatic carbocycles. The third-order valence-corrected chi connectivity index (χ3v) is 7.39. The Morgan fingerprint density at radius 1 is 1.13 bits per heavy atom. The van der Waals surface area contributed by atoms with Crippen LogP contribution in [0.5, 0.6) is 0 Å². The minimum atomic E-state index is 0.0950. The van der Waals surface area contributed by atoms with Crippen LogP contribution in [0, 0.1) is 10.8 Å². The lowest BCUT2D eigenvalue weighted by Gasteiger charge is -2.62. The molecule has 2 atom stereocenters. The van der Waals surface area contributed by atoms with Crippen LogP contribution in [-0.2, 0) is 16.6 Å². The number of nitrogens with one attached hydrogen (secondary N) is 1. The van der Waals surface area contributed by atoms with Crippen molar-refractivity contribution in [2.75, 3.05) is 5.32 Å². The maximum Gasteiger partial charge on any atom is 0.224 e. The summed E-state index contributed by atoms with van der Waals surface area (Å²) in [6, 6.07) is 6.58. The lowest BCUT2D eigenvalue weighted by molar-refractivity contribution is -0.115. The molecule has 1 saturated carbocycles. The zero-order valence-electron chi connectivity index (χ0n) is 15.4. The number of amides is 1. The fourth-order valence-electron chi connectivity index (χ4n) is 5.25. The molecule has 0 aliphatic heterocycles. The number of carbonyl (C=O) groups is 1. The van der Waals surface area contributed by atoms with Gasteiger partial charge in [0, 0.05) is 12.1 Å². The molecule has 1 fully saturated rings. The molecule has 1 N–H and O–H groups in total. The fraction of sp³-hybridized carbons (Fsp3) is 0.667. The van der Waals surface area contributed by atoms with Gasteiger partial charge in [0.1, 0.15) is 0 Å². The molecular formula is C21H31NO. The third kappa shape index (κ3) is 2.33. The van der Waals surface area contributed by atoms with Crippen molar-refractivity contribution in [2.45, 2.75) is 78.6 Å². The van der Waals surface area contributed by atoms with Gasteiger partial charge in [0.25, 0.3) is 0 Å². The summed E-state index contributed by atoms with van der Waals surface area (Å²) in [6.07, 6.45) is 6.83. The summed E-state index contributed by atoms with van der Waals surface area (Å²) in [5.41, 5.74) is 4.81. The van der Waals surface area contributed by atoms with Crippen molar-refractivity contribution in [2.24, 2.45) is 10.8 Å². The summed E-state index contributed by atoms with van der Waals surface area (Å²) in [7, 11) is 0. The number of aryl methyl sites for hydroxylation is 1. The van der Waals surface area contributed by atoms with Gasteiger partial charge >= 0.3 is 0 Å². The smallest absolute Gasteiger partial charge is 0.224 e. The quantitative estimate of drug-likeness (QED) is 0.772. The molecule has 0 spiro atoms. The predicted molar refractivity (Wildman–Crippen MR) is 96.8 cm³/mol. The summed E-state index contributed by atoms with van der Waals surface area (Å²) >= 11 is 0.